The number of nitrogens with two attached hydrogens (primary N) is 1. The van der Waals surface area contributed by atoms with E-state index in [9.17, 15) is 9.18 Å². The lowest BCUT2D eigenvalue weighted by atomic mass is 10.0. The topological polar surface area (TPSA) is 97.9 Å². The molecule has 0 aliphatic carbocycles. The van der Waals surface area contributed by atoms with Crippen LogP contribution in [0.2, 0.25) is 5.02 Å². The third kappa shape index (κ3) is 5.02. The first-order valence-corrected chi connectivity index (χ1v) is 10.7. The predicted octanol–water partition coefficient (Wildman–Crippen LogP) is 5.53. The van der Waals surface area contributed by atoms with Gasteiger partial charge in [-0.05, 0) is 49.4 Å². The summed E-state index contributed by atoms with van der Waals surface area (Å²) in [5, 5.41) is 10.5. The molecule has 0 aliphatic rings. The minimum atomic E-state index is -0.494. The van der Waals surface area contributed by atoms with E-state index in [1.54, 1.807) is 18.3 Å². The normalized spacial score (nSPS) is 10.8. The Bertz CT molecular complexity index is 1290. The molecule has 2 aromatic heterocycles. The van der Waals surface area contributed by atoms with Crippen LogP contribution in [0.5, 0.6) is 0 Å². The van der Waals surface area contributed by atoms with Crippen molar-refractivity contribution in [3.63, 3.8) is 0 Å². The van der Waals surface area contributed by atoms with Crippen LogP contribution in [0.4, 0.5) is 20.6 Å². The number of amides is 2. The van der Waals surface area contributed by atoms with Gasteiger partial charge in [-0.2, -0.15) is 5.10 Å². The van der Waals surface area contributed by atoms with Crippen molar-refractivity contribution in [1.29, 1.82) is 0 Å². The van der Waals surface area contributed by atoms with Gasteiger partial charge in [0.1, 0.15) is 11.5 Å². The lowest BCUT2D eigenvalue weighted by Gasteiger charge is -2.12. The monoisotopic (exact) mass is 464 g/mol. The van der Waals surface area contributed by atoms with E-state index in [0.717, 1.165) is 28.1 Å². The van der Waals surface area contributed by atoms with Gasteiger partial charge in [0.15, 0.2) is 0 Å². The Morgan fingerprint density at radius 3 is 2.64 bits per heavy atom. The molecule has 2 aromatic carbocycles. The van der Waals surface area contributed by atoms with Crippen LogP contribution in [0.25, 0.3) is 22.4 Å². The van der Waals surface area contributed by atoms with Gasteiger partial charge in [-0.1, -0.05) is 23.7 Å². The van der Waals surface area contributed by atoms with Crippen molar-refractivity contribution < 1.29 is 9.18 Å². The summed E-state index contributed by atoms with van der Waals surface area (Å²) in [7, 11) is 0. The Morgan fingerprint density at radius 1 is 1.12 bits per heavy atom. The van der Waals surface area contributed by atoms with Gasteiger partial charge >= 0.3 is 6.03 Å². The van der Waals surface area contributed by atoms with E-state index in [-0.39, 0.29) is 5.82 Å². The van der Waals surface area contributed by atoms with Gasteiger partial charge in [0, 0.05) is 47.9 Å². The largest absolute Gasteiger partial charge is 0.325 e. The molecule has 4 N–H and O–H groups in total. The van der Waals surface area contributed by atoms with Crippen molar-refractivity contribution in [3.05, 3.63) is 83.5 Å². The van der Waals surface area contributed by atoms with E-state index in [0.29, 0.717) is 29.5 Å². The zero-order valence-corrected chi connectivity index (χ0v) is 18.6. The van der Waals surface area contributed by atoms with Crippen molar-refractivity contribution in [2.75, 3.05) is 10.6 Å². The number of aromatic nitrogens is 3. The highest BCUT2D eigenvalue weighted by Gasteiger charge is 2.18. The minimum Gasteiger partial charge on any atom is -0.325 e. The van der Waals surface area contributed by atoms with Gasteiger partial charge < -0.3 is 16.4 Å². The summed E-state index contributed by atoms with van der Waals surface area (Å²) in [5.74, 6) is -0.382. The van der Waals surface area contributed by atoms with Gasteiger partial charge in [0.25, 0.3) is 0 Å². The number of nitrogens with one attached hydrogen (secondary N) is 2. The Labute approximate surface area is 195 Å². The first-order valence-electron chi connectivity index (χ1n) is 10.3. The quantitative estimate of drug-likeness (QED) is 0.349. The molecule has 2 heterocycles. The summed E-state index contributed by atoms with van der Waals surface area (Å²) in [6, 6.07) is 14.2. The Hall–Kier alpha value is -3.75. The van der Waals surface area contributed by atoms with E-state index in [2.05, 4.69) is 15.6 Å². The maximum atomic E-state index is 13.1. The number of halogens is 2. The second-order valence-electron chi connectivity index (χ2n) is 7.24. The minimum absolute atomic E-state index is 0.320. The Kier molecular flexibility index (Phi) is 6.67. The third-order valence-corrected chi connectivity index (χ3v) is 5.43. The molecule has 0 saturated carbocycles. The molecule has 9 heteroatoms. The van der Waals surface area contributed by atoms with Gasteiger partial charge in [-0.25, -0.2) is 9.18 Å². The average Bonchev–Trinajstić information content (AvgIpc) is 3.26. The van der Waals surface area contributed by atoms with Gasteiger partial charge in [0.2, 0.25) is 0 Å². The summed E-state index contributed by atoms with van der Waals surface area (Å²) in [4.78, 5) is 16.7. The maximum Gasteiger partial charge on any atom is 0.323 e. The molecule has 7 nitrogen and oxygen atoms in total. The fraction of sp³-hybridized carbons (Fsp3) is 0.125. The van der Waals surface area contributed by atoms with E-state index in [1.165, 1.54) is 24.3 Å². The second-order valence-corrected chi connectivity index (χ2v) is 7.62. The number of carbonyl (C=O) groups is 1. The molecule has 0 aliphatic heterocycles. The van der Waals surface area contributed by atoms with Crippen molar-refractivity contribution in [2.45, 2.75) is 20.0 Å². The number of benzene rings is 2. The summed E-state index contributed by atoms with van der Waals surface area (Å²) in [5.41, 5.74) is 10.5. The van der Waals surface area contributed by atoms with Crippen LogP contribution in [0.1, 0.15) is 12.6 Å². The van der Waals surface area contributed by atoms with Crippen molar-refractivity contribution in [1.82, 2.24) is 14.8 Å². The number of anilines is 2. The zero-order chi connectivity index (χ0) is 23.4. The summed E-state index contributed by atoms with van der Waals surface area (Å²) in [6.07, 6.45) is 3.62. The SMILES string of the molecule is CCn1cc(-c2cccc(NC(=O)Nc3ccc(F)cc3)c2Cl)c(-c2ccnc(CN)c2)n1. The highest BCUT2D eigenvalue weighted by atomic mass is 35.5. The third-order valence-electron chi connectivity index (χ3n) is 5.02. The molecule has 0 fully saturated rings. The van der Waals surface area contributed by atoms with Crippen LogP contribution in [0.3, 0.4) is 0 Å². The summed E-state index contributed by atoms with van der Waals surface area (Å²) in [6.45, 7) is 3.00. The van der Waals surface area contributed by atoms with Crippen molar-refractivity contribution in [2.24, 2.45) is 5.73 Å². The van der Waals surface area contributed by atoms with Gasteiger partial charge in [-0.15, -0.1) is 0 Å². The van der Waals surface area contributed by atoms with E-state index >= 15 is 0 Å². The standard InChI is InChI=1S/C24H22ClFN6O/c1-2-32-14-20(23(31-32)15-10-11-28-18(12-15)13-27)19-4-3-5-21(22(19)25)30-24(33)29-17-8-6-16(26)7-9-17/h3-12,14H,2,13,27H2,1H3,(H2,29,30,33). The Morgan fingerprint density at radius 2 is 1.91 bits per heavy atom. The first kappa shape index (κ1) is 22.4. The smallest absolute Gasteiger partial charge is 0.323 e. The van der Waals surface area contributed by atoms with E-state index in [1.807, 2.05) is 36.0 Å². The molecule has 0 spiro atoms. The molecular formula is C24H22ClFN6O. The molecule has 0 bridgehead atoms. The van der Waals surface area contributed by atoms with Crippen LogP contribution in [-0.4, -0.2) is 20.8 Å². The molecular weight excluding hydrogens is 443 g/mol. The number of hydrogen-bond donors (Lipinski definition) is 3. The van der Waals surface area contributed by atoms with Crippen LogP contribution in [0, 0.1) is 5.82 Å². The molecule has 33 heavy (non-hydrogen) atoms. The molecule has 0 unspecified atom stereocenters. The van der Waals surface area contributed by atoms with Crippen LogP contribution in [0.15, 0.2) is 67.0 Å². The predicted molar refractivity (Wildman–Crippen MR) is 129 cm³/mol. The second kappa shape index (κ2) is 9.81. The molecule has 4 aromatic rings. The fourth-order valence-corrected chi connectivity index (χ4v) is 3.66. The first-order chi connectivity index (χ1) is 16.0. The number of carbonyl (C=O) groups excluding carboxylic acids is 1. The fourth-order valence-electron chi connectivity index (χ4n) is 3.39. The van der Waals surface area contributed by atoms with Crippen LogP contribution < -0.4 is 16.4 Å². The molecule has 0 saturated heterocycles. The number of aryl methyl sites for hydroxylation is 1. The molecule has 4 rings (SSSR count). The number of nitrogens with zero attached hydrogens (tertiary/aromatic N) is 3. The van der Waals surface area contributed by atoms with E-state index < -0.39 is 6.03 Å². The zero-order valence-electron chi connectivity index (χ0n) is 17.8. The highest BCUT2D eigenvalue weighted by molar-refractivity contribution is 6.36. The molecule has 168 valence electrons. The average molecular weight is 465 g/mol. The van der Waals surface area contributed by atoms with E-state index in [4.69, 9.17) is 22.4 Å². The van der Waals surface area contributed by atoms with Gasteiger partial charge in [-0.3, -0.25) is 9.67 Å². The van der Waals surface area contributed by atoms with Gasteiger partial charge in [0.05, 0.1) is 16.4 Å². The molecule has 0 atom stereocenters. The summed E-state index contributed by atoms with van der Waals surface area (Å²) >= 11 is 6.72. The van der Waals surface area contributed by atoms with Crippen molar-refractivity contribution >= 4 is 29.0 Å². The van der Waals surface area contributed by atoms with Crippen LogP contribution in [-0.2, 0) is 13.1 Å². The number of pyridine rings is 1. The summed E-state index contributed by atoms with van der Waals surface area (Å²) < 4.78 is 14.9. The molecule has 2 amide bonds. The number of urea groups is 1. The lowest BCUT2D eigenvalue weighted by molar-refractivity contribution is 0.262. The Balaban J connectivity index is 1.66. The lowest BCUT2D eigenvalue weighted by Crippen LogP contribution is -2.19. The van der Waals surface area contributed by atoms with Crippen LogP contribution >= 0.6 is 11.6 Å². The number of hydrogen-bond acceptors (Lipinski definition) is 4. The maximum absolute atomic E-state index is 13.1. The number of rotatable bonds is 6. The van der Waals surface area contributed by atoms with Crippen molar-refractivity contribution in [3.8, 4) is 22.4 Å². The molecule has 0 radical (unpaired) electrons. The highest BCUT2D eigenvalue weighted by Crippen LogP contribution is 2.38.